The first kappa shape index (κ1) is 15.2. The van der Waals surface area contributed by atoms with Gasteiger partial charge in [-0.25, -0.2) is 0 Å². The van der Waals surface area contributed by atoms with E-state index in [1.54, 1.807) is 18.2 Å². The van der Waals surface area contributed by atoms with E-state index in [0.717, 1.165) is 10.0 Å². The van der Waals surface area contributed by atoms with Crippen molar-refractivity contribution in [2.75, 3.05) is 5.32 Å². The summed E-state index contributed by atoms with van der Waals surface area (Å²) >= 11 is 3.37. The van der Waals surface area contributed by atoms with Crippen LogP contribution in [0.2, 0.25) is 0 Å². The molecule has 5 nitrogen and oxygen atoms in total. The molecule has 0 aromatic heterocycles. The third-order valence-corrected chi connectivity index (χ3v) is 3.27. The van der Waals surface area contributed by atoms with Crippen molar-refractivity contribution in [2.24, 2.45) is 0 Å². The Kier molecular flexibility index (Phi) is 4.70. The lowest BCUT2D eigenvalue weighted by Gasteiger charge is -2.07. The van der Waals surface area contributed by atoms with Crippen molar-refractivity contribution in [1.29, 1.82) is 0 Å². The minimum Gasteiger partial charge on any atom is -0.326 e. The van der Waals surface area contributed by atoms with E-state index < -0.39 is 4.92 Å². The summed E-state index contributed by atoms with van der Waals surface area (Å²) in [6, 6.07) is 11.7. The topological polar surface area (TPSA) is 72.2 Å². The van der Waals surface area contributed by atoms with Crippen molar-refractivity contribution in [2.45, 2.75) is 13.3 Å². The second kappa shape index (κ2) is 6.49. The van der Waals surface area contributed by atoms with Crippen molar-refractivity contribution < 1.29 is 9.72 Å². The second-order valence-corrected chi connectivity index (χ2v) is 5.58. The standard InChI is InChI=1S/C15H13BrN2O3/c1-10-5-12(16)9-13(6-10)17-15(19)8-11-3-2-4-14(7-11)18(20)21/h2-7,9H,8H2,1H3,(H,17,19). The van der Waals surface area contributed by atoms with E-state index in [9.17, 15) is 14.9 Å². The van der Waals surface area contributed by atoms with E-state index >= 15 is 0 Å². The van der Waals surface area contributed by atoms with Crippen molar-refractivity contribution in [3.8, 4) is 0 Å². The molecule has 0 fully saturated rings. The number of rotatable bonds is 4. The van der Waals surface area contributed by atoms with Crippen molar-refractivity contribution in [3.63, 3.8) is 0 Å². The number of aryl methyl sites for hydroxylation is 1. The first-order valence-electron chi connectivity index (χ1n) is 6.24. The zero-order chi connectivity index (χ0) is 15.4. The molecule has 0 atom stereocenters. The molecule has 1 amide bonds. The van der Waals surface area contributed by atoms with Gasteiger partial charge < -0.3 is 5.32 Å². The molecule has 0 spiro atoms. The fourth-order valence-corrected chi connectivity index (χ4v) is 2.59. The molecule has 0 heterocycles. The predicted molar refractivity (Wildman–Crippen MR) is 84.3 cm³/mol. The molecule has 2 aromatic rings. The number of carbonyl (C=O) groups excluding carboxylic acids is 1. The Bertz CT molecular complexity index is 681. The Labute approximate surface area is 130 Å². The number of nitrogens with zero attached hydrogens (tertiary/aromatic N) is 1. The van der Waals surface area contributed by atoms with Crippen molar-refractivity contribution >= 4 is 33.2 Å². The number of amides is 1. The zero-order valence-corrected chi connectivity index (χ0v) is 12.9. The quantitative estimate of drug-likeness (QED) is 0.673. The number of carbonyl (C=O) groups is 1. The monoisotopic (exact) mass is 348 g/mol. The molecular weight excluding hydrogens is 336 g/mol. The van der Waals surface area contributed by atoms with Crippen LogP contribution in [0.5, 0.6) is 0 Å². The van der Waals surface area contributed by atoms with E-state index in [2.05, 4.69) is 21.2 Å². The lowest BCUT2D eigenvalue weighted by Crippen LogP contribution is -2.14. The van der Waals surface area contributed by atoms with Crippen LogP contribution in [0.1, 0.15) is 11.1 Å². The lowest BCUT2D eigenvalue weighted by molar-refractivity contribution is -0.384. The predicted octanol–water partition coefficient (Wildman–Crippen LogP) is 3.85. The molecule has 0 saturated heterocycles. The van der Waals surface area contributed by atoms with Crippen LogP contribution in [0.4, 0.5) is 11.4 Å². The minimum atomic E-state index is -0.473. The average Bonchev–Trinajstić information content (AvgIpc) is 2.37. The van der Waals surface area contributed by atoms with E-state index in [0.29, 0.717) is 11.3 Å². The van der Waals surface area contributed by atoms with Gasteiger partial charge in [0.25, 0.3) is 5.69 Å². The molecule has 2 aromatic carbocycles. The summed E-state index contributed by atoms with van der Waals surface area (Å²) in [5, 5.41) is 13.5. The molecule has 0 aliphatic rings. The molecule has 0 aliphatic heterocycles. The third kappa shape index (κ3) is 4.39. The zero-order valence-electron chi connectivity index (χ0n) is 11.3. The van der Waals surface area contributed by atoms with Gasteiger partial charge >= 0.3 is 0 Å². The van der Waals surface area contributed by atoms with Crippen LogP contribution in [0.25, 0.3) is 0 Å². The first-order valence-corrected chi connectivity index (χ1v) is 7.04. The van der Waals surface area contributed by atoms with Gasteiger partial charge in [-0.2, -0.15) is 0 Å². The molecule has 1 N–H and O–H groups in total. The minimum absolute atomic E-state index is 0.0152. The normalized spacial score (nSPS) is 10.2. The SMILES string of the molecule is Cc1cc(Br)cc(NC(=O)Cc2cccc([N+](=O)[O-])c2)c1. The number of anilines is 1. The molecule has 108 valence electrons. The summed E-state index contributed by atoms with van der Waals surface area (Å²) in [7, 11) is 0. The van der Waals surface area contributed by atoms with E-state index in [1.807, 2.05) is 19.1 Å². The summed E-state index contributed by atoms with van der Waals surface area (Å²) in [5.41, 5.74) is 2.30. The van der Waals surface area contributed by atoms with Gasteiger partial charge in [0, 0.05) is 22.3 Å². The molecule has 0 aliphatic carbocycles. The van der Waals surface area contributed by atoms with Gasteiger partial charge in [0.05, 0.1) is 11.3 Å². The van der Waals surface area contributed by atoms with Crippen LogP contribution in [0.15, 0.2) is 46.9 Å². The fraction of sp³-hybridized carbons (Fsp3) is 0.133. The number of nitro groups is 1. The largest absolute Gasteiger partial charge is 0.326 e. The smallest absolute Gasteiger partial charge is 0.269 e. The van der Waals surface area contributed by atoms with Gasteiger partial charge in [-0.1, -0.05) is 28.1 Å². The van der Waals surface area contributed by atoms with Crippen molar-refractivity contribution in [1.82, 2.24) is 0 Å². The third-order valence-electron chi connectivity index (χ3n) is 2.81. The molecule has 21 heavy (non-hydrogen) atoms. The van der Waals surface area contributed by atoms with Gasteiger partial charge in [-0.3, -0.25) is 14.9 Å². The second-order valence-electron chi connectivity index (χ2n) is 4.67. The molecule has 0 unspecified atom stereocenters. The van der Waals surface area contributed by atoms with E-state index in [4.69, 9.17) is 0 Å². The number of halogens is 1. The number of benzene rings is 2. The first-order chi connectivity index (χ1) is 9.94. The number of nitro benzene ring substituents is 1. The Morgan fingerprint density at radius 1 is 1.29 bits per heavy atom. The molecule has 0 saturated carbocycles. The Morgan fingerprint density at radius 2 is 2.05 bits per heavy atom. The van der Waals surface area contributed by atoms with Crippen LogP contribution in [0, 0.1) is 17.0 Å². The number of hydrogen-bond donors (Lipinski definition) is 1. The summed E-state index contributed by atoms with van der Waals surface area (Å²) in [6.07, 6.45) is 0.0905. The molecule has 0 radical (unpaired) electrons. The highest BCUT2D eigenvalue weighted by Crippen LogP contribution is 2.19. The molecule has 6 heteroatoms. The Balaban J connectivity index is 2.08. The maximum Gasteiger partial charge on any atom is 0.269 e. The van der Waals surface area contributed by atoms with Crippen LogP contribution >= 0.6 is 15.9 Å². The van der Waals surface area contributed by atoms with Crippen molar-refractivity contribution in [3.05, 3.63) is 68.2 Å². The van der Waals surface area contributed by atoms with Gasteiger partial charge in [-0.15, -0.1) is 0 Å². The van der Waals surface area contributed by atoms with Crippen LogP contribution in [-0.4, -0.2) is 10.8 Å². The maximum absolute atomic E-state index is 12.0. The molecule has 2 rings (SSSR count). The summed E-state index contributed by atoms with van der Waals surface area (Å²) in [5.74, 6) is -0.215. The highest BCUT2D eigenvalue weighted by molar-refractivity contribution is 9.10. The van der Waals surface area contributed by atoms with Crippen LogP contribution in [0.3, 0.4) is 0 Å². The lowest BCUT2D eigenvalue weighted by atomic mass is 10.1. The van der Waals surface area contributed by atoms with Crippen LogP contribution in [-0.2, 0) is 11.2 Å². The summed E-state index contributed by atoms with van der Waals surface area (Å²) in [4.78, 5) is 22.2. The number of nitrogens with one attached hydrogen (secondary N) is 1. The van der Waals surface area contributed by atoms with Crippen LogP contribution < -0.4 is 5.32 Å². The van der Waals surface area contributed by atoms with E-state index in [-0.39, 0.29) is 18.0 Å². The molecular formula is C15H13BrN2O3. The van der Waals surface area contributed by atoms with Gasteiger partial charge in [0.1, 0.15) is 0 Å². The Hall–Kier alpha value is -2.21. The summed E-state index contributed by atoms with van der Waals surface area (Å²) < 4.78 is 0.883. The average molecular weight is 349 g/mol. The highest BCUT2D eigenvalue weighted by Gasteiger charge is 2.09. The van der Waals surface area contributed by atoms with Gasteiger partial charge in [0.2, 0.25) is 5.91 Å². The van der Waals surface area contributed by atoms with Gasteiger partial charge in [0.15, 0.2) is 0 Å². The number of hydrogen-bond acceptors (Lipinski definition) is 3. The highest BCUT2D eigenvalue weighted by atomic mass is 79.9. The van der Waals surface area contributed by atoms with E-state index in [1.165, 1.54) is 12.1 Å². The fourth-order valence-electron chi connectivity index (χ4n) is 1.98. The number of non-ortho nitro benzene ring substituents is 1. The molecule has 0 bridgehead atoms. The summed E-state index contributed by atoms with van der Waals surface area (Å²) in [6.45, 7) is 1.93. The van der Waals surface area contributed by atoms with Gasteiger partial charge in [-0.05, 0) is 36.2 Å². The maximum atomic E-state index is 12.0. The Morgan fingerprint density at radius 3 is 2.71 bits per heavy atom.